The first-order valence-electron chi connectivity index (χ1n) is 6.88. The topological polar surface area (TPSA) is 75.6 Å². The highest BCUT2D eigenvalue weighted by Crippen LogP contribution is 2.37. The summed E-state index contributed by atoms with van der Waals surface area (Å²) in [6.45, 7) is 0. The number of esters is 1. The van der Waals surface area contributed by atoms with Crippen LogP contribution < -0.4 is 5.32 Å². The number of nitrogens with one attached hydrogen (secondary N) is 1. The van der Waals surface area contributed by atoms with Crippen LogP contribution >= 0.6 is 15.9 Å². The highest BCUT2D eigenvalue weighted by molar-refractivity contribution is 9.10. The van der Waals surface area contributed by atoms with Crippen molar-refractivity contribution in [3.05, 3.63) is 23.8 Å². The van der Waals surface area contributed by atoms with Crippen LogP contribution in [0.5, 0.6) is 5.75 Å². The van der Waals surface area contributed by atoms with E-state index in [1.165, 1.54) is 25.3 Å². The molecule has 0 spiro atoms. The summed E-state index contributed by atoms with van der Waals surface area (Å²) in [6.07, 6.45) is 4.63. The van der Waals surface area contributed by atoms with Gasteiger partial charge in [-0.25, -0.2) is 4.79 Å². The maximum absolute atomic E-state index is 12.4. The molecule has 0 heterocycles. The second kappa shape index (κ2) is 6.47. The summed E-state index contributed by atoms with van der Waals surface area (Å²) < 4.78 is 4.03. The Morgan fingerprint density at radius 1 is 1.29 bits per heavy atom. The van der Waals surface area contributed by atoms with Gasteiger partial charge in [-0.05, 0) is 31.0 Å². The summed E-state index contributed by atoms with van der Waals surface area (Å²) in [5, 5.41) is 12.5. The Balaban J connectivity index is 2.18. The SMILES string of the molecule is COC(=O)c1ccc(O)c(NC(=O)C2(Br)CCCCC2)c1. The van der Waals surface area contributed by atoms with E-state index in [0.717, 1.165) is 32.1 Å². The van der Waals surface area contributed by atoms with Gasteiger partial charge >= 0.3 is 5.97 Å². The standard InChI is InChI=1S/C15H18BrNO4/c1-21-13(19)10-5-6-12(18)11(9-10)17-14(20)15(16)7-3-2-4-8-15/h5-6,9,18H,2-4,7-8H2,1H3,(H,17,20). The van der Waals surface area contributed by atoms with Crippen molar-refractivity contribution in [2.24, 2.45) is 0 Å². The van der Waals surface area contributed by atoms with Crippen LogP contribution in [0.25, 0.3) is 0 Å². The van der Waals surface area contributed by atoms with E-state index in [0.29, 0.717) is 0 Å². The molecule has 21 heavy (non-hydrogen) atoms. The molecule has 1 aromatic carbocycles. The van der Waals surface area contributed by atoms with Gasteiger partial charge in [-0.15, -0.1) is 0 Å². The number of benzene rings is 1. The van der Waals surface area contributed by atoms with Crippen LogP contribution in [0, 0.1) is 0 Å². The number of carbonyl (C=O) groups excluding carboxylic acids is 2. The summed E-state index contributed by atoms with van der Waals surface area (Å²) in [7, 11) is 1.28. The summed E-state index contributed by atoms with van der Waals surface area (Å²) in [5.74, 6) is -0.792. The second-order valence-electron chi connectivity index (χ2n) is 5.20. The quantitative estimate of drug-likeness (QED) is 0.495. The molecule has 0 atom stereocenters. The number of amides is 1. The maximum atomic E-state index is 12.4. The first-order chi connectivity index (χ1) is 9.96. The van der Waals surface area contributed by atoms with Gasteiger partial charge in [0, 0.05) is 0 Å². The molecule has 0 saturated heterocycles. The lowest BCUT2D eigenvalue weighted by Gasteiger charge is -2.30. The maximum Gasteiger partial charge on any atom is 0.337 e. The molecule has 0 bridgehead atoms. The van der Waals surface area contributed by atoms with E-state index in [2.05, 4.69) is 26.0 Å². The molecule has 1 aliphatic carbocycles. The number of aromatic hydroxyl groups is 1. The van der Waals surface area contributed by atoms with Gasteiger partial charge in [0.2, 0.25) is 5.91 Å². The number of alkyl halides is 1. The smallest absolute Gasteiger partial charge is 0.337 e. The minimum atomic E-state index is -0.598. The largest absolute Gasteiger partial charge is 0.506 e. The fourth-order valence-electron chi connectivity index (χ4n) is 2.45. The van der Waals surface area contributed by atoms with Crippen molar-refractivity contribution in [2.75, 3.05) is 12.4 Å². The summed E-state index contributed by atoms with van der Waals surface area (Å²) in [5.41, 5.74) is 0.491. The molecule has 1 saturated carbocycles. The number of methoxy groups -OCH3 is 1. The Labute approximate surface area is 131 Å². The summed E-state index contributed by atoms with van der Waals surface area (Å²) in [6, 6.07) is 4.23. The zero-order valence-corrected chi connectivity index (χ0v) is 13.4. The summed E-state index contributed by atoms with van der Waals surface area (Å²) >= 11 is 3.52. The summed E-state index contributed by atoms with van der Waals surface area (Å²) in [4.78, 5) is 23.9. The molecule has 1 fully saturated rings. The van der Waals surface area contributed by atoms with Crippen LogP contribution in [0.15, 0.2) is 18.2 Å². The predicted molar refractivity (Wildman–Crippen MR) is 82.8 cm³/mol. The Bertz CT molecular complexity index is 553. The van der Waals surface area contributed by atoms with Crippen LogP contribution in [-0.2, 0) is 9.53 Å². The fourth-order valence-corrected chi connectivity index (χ4v) is 3.11. The molecule has 1 aliphatic rings. The van der Waals surface area contributed by atoms with Crippen LogP contribution in [0.3, 0.4) is 0 Å². The van der Waals surface area contributed by atoms with E-state index in [1.807, 2.05) is 0 Å². The zero-order chi connectivity index (χ0) is 15.5. The molecule has 0 radical (unpaired) electrons. The minimum absolute atomic E-state index is 0.0806. The highest BCUT2D eigenvalue weighted by atomic mass is 79.9. The van der Waals surface area contributed by atoms with Gasteiger partial charge in [0.25, 0.3) is 0 Å². The van der Waals surface area contributed by atoms with Crippen molar-refractivity contribution in [3.8, 4) is 5.75 Å². The number of rotatable bonds is 3. The van der Waals surface area contributed by atoms with Crippen molar-refractivity contribution in [1.82, 2.24) is 0 Å². The van der Waals surface area contributed by atoms with Gasteiger partial charge in [-0.3, -0.25) is 4.79 Å². The van der Waals surface area contributed by atoms with Gasteiger partial charge in [0.15, 0.2) is 0 Å². The van der Waals surface area contributed by atoms with E-state index in [1.54, 1.807) is 0 Å². The normalized spacial score (nSPS) is 17.0. The molecule has 0 unspecified atom stereocenters. The Morgan fingerprint density at radius 2 is 1.95 bits per heavy atom. The Morgan fingerprint density at radius 3 is 2.57 bits per heavy atom. The first-order valence-corrected chi connectivity index (χ1v) is 7.67. The van der Waals surface area contributed by atoms with Crippen molar-refractivity contribution in [2.45, 2.75) is 36.4 Å². The van der Waals surface area contributed by atoms with Gasteiger partial charge in [0.1, 0.15) is 10.1 Å². The molecule has 0 aliphatic heterocycles. The zero-order valence-electron chi connectivity index (χ0n) is 11.8. The number of halogens is 1. The number of ether oxygens (including phenoxy) is 1. The molecule has 2 N–H and O–H groups in total. The third-order valence-electron chi connectivity index (χ3n) is 3.72. The van der Waals surface area contributed by atoms with E-state index < -0.39 is 10.3 Å². The van der Waals surface area contributed by atoms with Crippen molar-refractivity contribution < 1.29 is 19.4 Å². The molecule has 2 rings (SSSR count). The number of anilines is 1. The molecular formula is C15H18BrNO4. The monoisotopic (exact) mass is 355 g/mol. The van der Waals surface area contributed by atoms with Crippen LogP contribution in [0.4, 0.5) is 5.69 Å². The van der Waals surface area contributed by atoms with E-state index in [-0.39, 0.29) is 22.9 Å². The average Bonchev–Trinajstić information content (AvgIpc) is 2.49. The lowest BCUT2D eigenvalue weighted by atomic mass is 9.88. The van der Waals surface area contributed by atoms with Gasteiger partial charge in [-0.2, -0.15) is 0 Å². The number of phenolic OH excluding ortho intramolecular Hbond substituents is 1. The minimum Gasteiger partial charge on any atom is -0.506 e. The van der Waals surface area contributed by atoms with Crippen LogP contribution in [-0.4, -0.2) is 28.4 Å². The third-order valence-corrected chi connectivity index (χ3v) is 4.87. The van der Waals surface area contributed by atoms with Gasteiger partial charge in [-0.1, -0.05) is 35.2 Å². The van der Waals surface area contributed by atoms with Gasteiger partial charge < -0.3 is 15.2 Å². The highest BCUT2D eigenvalue weighted by Gasteiger charge is 2.37. The lowest BCUT2D eigenvalue weighted by molar-refractivity contribution is -0.119. The molecule has 114 valence electrons. The second-order valence-corrected chi connectivity index (χ2v) is 6.72. The fraction of sp³-hybridized carbons (Fsp3) is 0.467. The van der Waals surface area contributed by atoms with Crippen LogP contribution in [0.2, 0.25) is 0 Å². The first kappa shape index (κ1) is 15.8. The van der Waals surface area contributed by atoms with E-state index in [9.17, 15) is 14.7 Å². The number of hydrogen-bond acceptors (Lipinski definition) is 4. The third kappa shape index (κ3) is 3.56. The van der Waals surface area contributed by atoms with Crippen LogP contribution in [0.1, 0.15) is 42.5 Å². The van der Waals surface area contributed by atoms with Crippen molar-refractivity contribution in [1.29, 1.82) is 0 Å². The van der Waals surface area contributed by atoms with E-state index in [4.69, 9.17) is 0 Å². The molecule has 0 aromatic heterocycles. The number of hydrogen-bond donors (Lipinski definition) is 2. The Hall–Kier alpha value is -1.56. The predicted octanol–water partition coefficient (Wildman–Crippen LogP) is 3.22. The van der Waals surface area contributed by atoms with Crippen molar-refractivity contribution in [3.63, 3.8) is 0 Å². The lowest BCUT2D eigenvalue weighted by Crippen LogP contribution is -2.39. The number of carbonyl (C=O) groups is 2. The average molecular weight is 356 g/mol. The molecule has 5 nitrogen and oxygen atoms in total. The van der Waals surface area contributed by atoms with E-state index >= 15 is 0 Å². The molecular weight excluding hydrogens is 338 g/mol. The van der Waals surface area contributed by atoms with Crippen molar-refractivity contribution >= 4 is 33.5 Å². The number of phenols is 1. The molecule has 1 aromatic rings. The Kier molecular flexibility index (Phi) is 4.88. The van der Waals surface area contributed by atoms with Gasteiger partial charge in [0.05, 0.1) is 18.4 Å². The molecule has 1 amide bonds. The molecule has 6 heteroatoms.